The van der Waals surface area contributed by atoms with E-state index < -0.39 is 0 Å². The first kappa shape index (κ1) is 14.6. The number of amides is 1. The summed E-state index contributed by atoms with van der Waals surface area (Å²) >= 11 is 12.1. The van der Waals surface area contributed by atoms with Crippen LogP contribution in [0.4, 0.5) is 0 Å². The van der Waals surface area contributed by atoms with Crippen molar-refractivity contribution in [1.29, 1.82) is 0 Å². The van der Waals surface area contributed by atoms with Crippen molar-refractivity contribution in [2.24, 2.45) is 0 Å². The quantitative estimate of drug-likeness (QED) is 0.927. The van der Waals surface area contributed by atoms with Crippen LogP contribution < -0.4 is 5.32 Å². The predicted octanol–water partition coefficient (Wildman–Crippen LogP) is 3.22. The molecule has 3 nitrogen and oxygen atoms in total. The second-order valence-electron chi connectivity index (χ2n) is 4.78. The fourth-order valence-corrected chi connectivity index (χ4v) is 2.79. The molecular weight excluding hydrogens is 285 g/mol. The molecule has 1 aromatic rings. The van der Waals surface area contributed by atoms with Gasteiger partial charge in [-0.2, -0.15) is 0 Å². The third-order valence-electron chi connectivity index (χ3n) is 3.31. The molecule has 1 amide bonds. The standard InChI is InChI=1S/C14H17Cl2NO2/c1-9(13-6-3-7-19-13)17-14(18)8-10-11(15)4-2-5-12(10)16/h2,4-5,9,13H,3,6-8H2,1H3,(H,17,18)/t9-,13+/m1/s1. The monoisotopic (exact) mass is 301 g/mol. The lowest BCUT2D eigenvalue weighted by Crippen LogP contribution is -2.41. The predicted molar refractivity (Wildman–Crippen MR) is 76.7 cm³/mol. The molecular formula is C14H17Cl2NO2. The first-order chi connectivity index (χ1) is 9.08. The molecule has 0 aliphatic carbocycles. The molecule has 0 radical (unpaired) electrons. The minimum Gasteiger partial charge on any atom is -0.376 e. The first-order valence-corrected chi connectivity index (χ1v) is 7.17. The highest BCUT2D eigenvalue weighted by molar-refractivity contribution is 6.36. The van der Waals surface area contributed by atoms with E-state index in [1.807, 2.05) is 6.92 Å². The molecule has 1 aliphatic heterocycles. The maximum Gasteiger partial charge on any atom is 0.224 e. The van der Waals surface area contributed by atoms with Gasteiger partial charge in [-0.05, 0) is 37.5 Å². The highest BCUT2D eigenvalue weighted by Crippen LogP contribution is 2.24. The molecule has 0 aromatic heterocycles. The van der Waals surface area contributed by atoms with Crippen molar-refractivity contribution in [3.8, 4) is 0 Å². The van der Waals surface area contributed by atoms with Gasteiger partial charge in [0.2, 0.25) is 5.91 Å². The second kappa shape index (κ2) is 6.60. The summed E-state index contributed by atoms with van der Waals surface area (Å²) in [7, 11) is 0. The molecule has 1 saturated heterocycles. The van der Waals surface area contributed by atoms with Gasteiger partial charge in [-0.3, -0.25) is 4.79 Å². The smallest absolute Gasteiger partial charge is 0.224 e. The molecule has 0 saturated carbocycles. The number of carbonyl (C=O) groups is 1. The van der Waals surface area contributed by atoms with Crippen molar-refractivity contribution in [2.45, 2.75) is 38.3 Å². The summed E-state index contributed by atoms with van der Waals surface area (Å²) in [6, 6.07) is 5.25. The lowest BCUT2D eigenvalue weighted by atomic mass is 10.1. The van der Waals surface area contributed by atoms with E-state index in [0.29, 0.717) is 15.6 Å². The summed E-state index contributed by atoms with van der Waals surface area (Å²) in [5.74, 6) is -0.0852. The average Bonchev–Trinajstić information content (AvgIpc) is 2.88. The van der Waals surface area contributed by atoms with E-state index in [-0.39, 0.29) is 24.5 Å². The zero-order valence-corrected chi connectivity index (χ0v) is 12.3. The van der Waals surface area contributed by atoms with Gasteiger partial charge in [0.1, 0.15) is 0 Å². The highest BCUT2D eigenvalue weighted by atomic mass is 35.5. The number of ether oxygens (including phenoxy) is 1. The number of carbonyl (C=O) groups excluding carboxylic acids is 1. The van der Waals surface area contributed by atoms with Crippen LogP contribution in [0.3, 0.4) is 0 Å². The molecule has 1 aliphatic rings. The Balaban J connectivity index is 1.93. The summed E-state index contributed by atoms with van der Waals surface area (Å²) in [6.07, 6.45) is 2.36. The molecule has 0 bridgehead atoms. The Hall–Kier alpha value is -0.770. The number of hydrogen-bond acceptors (Lipinski definition) is 2. The summed E-state index contributed by atoms with van der Waals surface area (Å²) < 4.78 is 5.55. The van der Waals surface area contributed by atoms with Crippen LogP contribution in [0.2, 0.25) is 10.0 Å². The van der Waals surface area contributed by atoms with E-state index >= 15 is 0 Å². The maximum absolute atomic E-state index is 12.0. The summed E-state index contributed by atoms with van der Waals surface area (Å²) in [4.78, 5) is 12.0. The van der Waals surface area contributed by atoms with E-state index in [0.717, 1.165) is 19.4 Å². The zero-order chi connectivity index (χ0) is 13.8. The van der Waals surface area contributed by atoms with Gasteiger partial charge >= 0.3 is 0 Å². The topological polar surface area (TPSA) is 38.3 Å². The zero-order valence-electron chi connectivity index (χ0n) is 10.8. The largest absolute Gasteiger partial charge is 0.376 e. The molecule has 0 unspecified atom stereocenters. The van der Waals surface area contributed by atoms with Gasteiger partial charge in [0.05, 0.1) is 18.6 Å². The summed E-state index contributed by atoms with van der Waals surface area (Å²) in [5, 5.41) is 3.99. The van der Waals surface area contributed by atoms with Gasteiger partial charge in [-0.1, -0.05) is 29.3 Å². The first-order valence-electron chi connectivity index (χ1n) is 6.42. The number of benzene rings is 1. The van der Waals surface area contributed by atoms with Crippen molar-refractivity contribution in [1.82, 2.24) is 5.32 Å². The third kappa shape index (κ3) is 3.85. The normalized spacial score (nSPS) is 20.3. The average molecular weight is 302 g/mol. The van der Waals surface area contributed by atoms with E-state index in [2.05, 4.69) is 5.32 Å². The Labute approximate surface area is 123 Å². The molecule has 19 heavy (non-hydrogen) atoms. The molecule has 1 aromatic carbocycles. The Morgan fingerprint density at radius 3 is 2.74 bits per heavy atom. The minimum atomic E-state index is -0.0852. The molecule has 1 fully saturated rings. The van der Waals surface area contributed by atoms with Crippen molar-refractivity contribution in [2.75, 3.05) is 6.61 Å². The summed E-state index contributed by atoms with van der Waals surface area (Å²) in [5.41, 5.74) is 0.669. The van der Waals surface area contributed by atoms with Crippen molar-refractivity contribution < 1.29 is 9.53 Å². The molecule has 2 rings (SSSR count). The molecule has 1 heterocycles. The Morgan fingerprint density at radius 1 is 1.47 bits per heavy atom. The van der Waals surface area contributed by atoms with Crippen molar-refractivity contribution in [3.05, 3.63) is 33.8 Å². The summed E-state index contributed by atoms with van der Waals surface area (Å²) in [6.45, 7) is 2.74. The van der Waals surface area contributed by atoms with Crippen LogP contribution in [0.1, 0.15) is 25.3 Å². The lowest BCUT2D eigenvalue weighted by Gasteiger charge is -2.20. The molecule has 104 valence electrons. The lowest BCUT2D eigenvalue weighted by molar-refractivity contribution is -0.121. The number of hydrogen-bond donors (Lipinski definition) is 1. The van der Waals surface area contributed by atoms with Crippen LogP contribution in [0.5, 0.6) is 0 Å². The number of halogens is 2. The van der Waals surface area contributed by atoms with E-state index in [4.69, 9.17) is 27.9 Å². The molecule has 0 spiro atoms. The molecule has 5 heteroatoms. The molecule has 1 N–H and O–H groups in total. The van der Waals surface area contributed by atoms with Crippen LogP contribution in [0.15, 0.2) is 18.2 Å². The highest BCUT2D eigenvalue weighted by Gasteiger charge is 2.24. The SMILES string of the molecule is C[C@@H](NC(=O)Cc1c(Cl)cccc1Cl)[C@@H]1CCCO1. The van der Waals surface area contributed by atoms with E-state index in [1.54, 1.807) is 18.2 Å². The van der Waals surface area contributed by atoms with Gasteiger partial charge < -0.3 is 10.1 Å². The number of nitrogens with one attached hydrogen (secondary N) is 1. The molecule has 2 atom stereocenters. The van der Waals surface area contributed by atoms with Crippen molar-refractivity contribution in [3.63, 3.8) is 0 Å². The van der Waals surface area contributed by atoms with E-state index in [1.165, 1.54) is 0 Å². The van der Waals surface area contributed by atoms with Gasteiger partial charge in [-0.15, -0.1) is 0 Å². The van der Waals surface area contributed by atoms with Crippen LogP contribution in [0.25, 0.3) is 0 Å². The van der Waals surface area contributed by atoms with Gasteiger partial charge in [0.15, 0.2) is 0 Å². The van der Waals surface area contributed by atoms with Crippen molar-refractivity contribution >= 4 is 29.1 Å². The Kier molecular flexibility index (Phi) is 5.08. The fraction of sp³-hybridized carbons (Fsp3) is 0.500. The van der Waals surface area contributed by atoms with Gasteiger partial charge in [0.25, 0.3) is 0 Å². The van der Waals surface area contributed by atoms with Gasteiger partial charge in [-0.25, -0.2) is 0 Å². The van der Waals surface area contributed by atoms with Crippen LogP contribution in [-0.4, -0.2) is 24.7 Å². The van der Waals surface area contributed by atoms with Gasteiger partial charge in [0, 0.05) is 16.7 Å². The van der Waals surface area contributed by atoms with Crippen LogP contribution >= 0.6 is 23.2 Å². The van der Waals surface area contributed by atoms with Crippen LogP contribution in [-0.2, 0) is 16.0 Å². The maximum atomic E-state index is 12.0. The number of rotatable bonds is 4. The fourth-order valence-electron chi connectivity index (χ4n) is 2.26. The third-order valence-corrected chi connectivity index (χ3v) is 4.02. The van der Waals surface area contributed by atoms with Crippen LogP contribution in [0, 0.1) is 0 Å². The van der Waals surface area contributed by atoms with E-state index in [9.17, 15) is 4.79 Å². The Morgan fingerprint density at radius 2 is 2.16 bits per heavy atom. The Bertz CT molecular complexity index is 439. The second-order valence-corrected chi connectivity index (χ2v) is 5.60. The minimum absolute atomic E-state index is 0.0104.